The topological polar surface area (TPSA) is 82.7 Å². The molecule has 156 valence electrons. The highest BCUT2D eigenvalue weighted by Crippen LogP contribution is 2.22. The van der Waals surface area contributed by atoms with Crippen LogP contribution in [0.2, 0.25) is 5.02 Å². The Labute approximate surface area is 189 Å². The third-order valence-corrected chi connectivity index (χ3v) is 4.69. The molecule has 0 aliphatic heterocycles. The van der Waals surface area contributed by atoms with Crippen LogP contribution in [-0.2, 0) is 6.54 Å². The van der Waals surface area contributed by atoms with Crippen molar-refractivity contribution in [1.29, 1.82) is 0 Å². The van der Waals surface area contributed by atoms with E-state index in [4.69, 9.17) is 16.1 Å². The number of hydrogen-bond acceptors (Lipinski definition) is 4. The lowest BCUT2D eigenvalue weighted by atomic mass is 9.99. The standard InChI is InChI=1S/C20H29ClN4O2.HI/c1-4-14(5-2)18-11-17(27-25-18)12-23-20(22-6-3)24-13-19(26)15-7-9-16(21)10-8-15;/h7-11,14,19,26H,4-6,12-13H2,1-3H3,(H2,22,23,24);1H. The van der Waals surface area contributed by atoms with E-state index < -0.39 is 6.10 Å². The summed E-state index contributed by atoms with van der Waals surface area (Å²) < 4.78 is 5.41. The van der Waals surface area contributed by atoms with Gasteiger partial charge in [0, 0.05) is 30.1 Å². The molecule has 0 aliphatic carbocycles. The summed E-state index contributed by atoms with van der Waals surface area (Å²) in [5.74, 6) is 1.77. The van der Waals surface area contributed by atoms with Gasteiger partial charge in [-0.2, -0.15) is 0 Å². The first-order chi connectivity index (χ1) is 13.1. The molecule has 0 fully saturated rings. The van der Waals surface area contributed by atoms with Crippen molar-refractivity contribution < 1.29 is 9.63 Å². The van der Waals surface area contributed by atoms with Crippen molar-refractivity contribution in [3.63, 3.8) is 0 Å². The Hall–Kier alpha value is -1.32. The van der Waals surface area contributed by atoms with Crippen molar-refractivity contribution in [3.05, 3.63) is 52.4 Å². The lowest BCUT2D eigenvalue weighted by Crippen LogP contribution is -2.39. The quantitative estimate of drug-likeness (QED) is 0.255. The molecule has 0 spiro atoms. The highest BCUT2D eigenvalue weighted by Gasteiger charge is 2.13. The fourth-order valence-electron chi connectivity index (χ4n) is 2.80. The van der Waals surface area contributed by atoms with E-state index in [1.807, 2.05) is 25.1 Å². The zero-order chi connectivity index (χ0) is 19.6. The number of benzene rings is 1. The molecule has 2 aromatic rings. The molecule has 1 heterocycles. The highest BCUT2D eigenvalue weighted by molar-refractivity contribution is 14.0. The third-order valence-electron chi connectivity index (χ3n) is 4.44. The summed E-state index contributed by atoms with van der Waals surface area (Å²) in [7, 11) is 0. The Bertz CT molecular complexity index is 717. The predicted octanol–water partition coefficient (Wildman–Crippen LogP) is 4.64. The second-order valence-electron chi connectivity index (χ2n) is 6.37. The molecule has 1 atom stereocenters. The van der Waals surface area contributed by atoms with Gasteiger partial charge in [-0.25, -0.2) is 4.99 Å². The molecule has 0 aliphatic rings. The first kappa shape index (κ1) is 24.7. The summed E-state index contributed by atoms with van der Waals surface area (Å²) in [6.07, 6.45) is 1.43. The van der Waals surface area contributed by atoms with Crippen LogP contribution in [0.5, 0.6) is 0 Å². The lowest BCUT2D eigenvalue weighted by molar-refractivity contribution is 0.181. The number of halogens is 2. The maximum absolute atomic E-state index is 10.3. The first-order valence-corrected chi connectivity index (χ1v) is 9.86. The van der Waals surface area contributed by atoms with Gasteiger partial charge in [-0.15, -0.1) is 24.0 Å². The van der Waals surface area contributed by atoms with E-state index in [1.165, 1.54) is 0 Å². The van der Waals surface area contributed by atoms with Crippen LogP contribution in [0, 0.1) is 0 Å². The van der Waals surface area contributed by atoms with Gasteiger partial charge < -0.3 is 20.3 Å². The number of aromatic nitrogens is 1. The second kappa shape index (κ2) is 13.0. The maximum atomic E-state index is 10.3. The van der Waals surface area contributed by atoms with Gasteiger partial charge in [0.2, 0.25) is 0 Å². The first-order valence-electron chi connectivity index (χ1n) is 9.48. The monoisotopic (exact) mass is 520 g/mol. The van der Waals surface area contributed by atoms with Crippen molar-refractivity contribution in [2.24, 2.45) is 4.99 Å². The molecule has 1 unspecified atom stereocenters. The number of guanidine groups is 1. The molecule has 3 N–H and O–H groups in total. The van der Waals surface area contributed by atoms with Gasteiger partial charge in [0.05, 0.1) is 11.8 Å². The fraction of sp³-hybridized carbons (Fsp3) is 0.500. The van der Waals surface area contributed by atoms with Crippen LogP contribution in [0.3, 0.4) is 0 Å². The number of aliphatic imine (C=N–C) groups is 1. The SMILES string of the molecule is CCNC(=NCc1cc(C(CC)CC)no1)NCC(O)c1ccc(Cl)cc1.I. The van der Waals surface area contributed by atoms with Gasteiger partial charge in [0.15, 0.2) is 11.7 Å². The Kier molecular flexibility index (Phi) is 11.5. The number of aliphatic hydroxyl groups is 1. The molecule has 0 saturated carbocycles. The zero-order valence-electron chi connectivity index (χ0n) is 16.6. The van der Waals surface area contributed by atoms with Gasteiger partial charge in [-0.1, -0.05) is 42.7 Å². The van der Waals surface area contributed by atoms with Crippen molar-refractivity contribution in [2.75, 3.05) is 13.1 Å². The largest absolute Gasteiger partial charge is 0.387 e. The van der Waals surface area contributed by atoms with E-state index in [0.29, 0.717) is 30.0 Å². The Balaban J connectivity index is 0.00000392. The molecular formula is C20H30ClIN4O2. The average Bonchev–Trinajstić information content (AvgIpc) is 3.14. The zero-order valence-corrected chi connectivity index (χ0v) is 19.7. The summed E-state index contributed by atoms with van der Waals surface area (Å²) in [4.78, 5) is 4.52. The number of aliphatic hydroxyl groups excluding tert-OH is 1. The Morgan fingerprint density at radius 3 is 2.46 bits per heavy atom. The Morgan fingerprint density at radius 2 is 1.86 bits per heavy atom. The van der Waals surface area contributed by atoms with Crippen molar-refractivity contribution in [3.8, 4) is 0 Å². The minimum absolute atomic E-state index is 0. The fourth-order valence-corrected chi connectivity index (χ4v) is 2.92. The van der Waals surface area contributed by atoms with Crippen LogP contribution in [0.25, 0.3) is 0 Å². The number of hydrogen-bond donors (Lipinski definition) is 3. The van der Waals surface area contributed by atoms with Crippen molar-refractivity contribution in [1.82, 2.24) is 15.8 Å². The Morgan fingerprint density at radius 1 is 1.18 bits per heavy atom. The van der Waals surface area contributed by atoms with Crippen LogP contribution in [0.15, 0.2) is 39.8 Å². The van der Waals surface area contributed by atoms with E-state index in [9.17, 15) is 5.11 Å². The van der Waals surface area contributed by atoms with Gasteiger partial charge >= 0.3 is 0 Å². The molecular weight excluding hydrogens is 491 g/mol. The van der Waals surface area contributed by atoms with Crippen LogP contribution in [0.1, 0.15) is 62.7 Å². The number of nitrogens with one attached hydrogen (secondary N) is 2. The number of rotatable bonds is 9. The molecule has 1 aromatic carbocycles. The van der Waals surface area contributed by atoms with Crippen molar-refractivity contribution >= 4 is 41.5 Å². The van der Waals surface area contributed by atoms with E-state index >= 15 is 0 Å². The van der Waals surface area contributed by atoms with E-state index in [0.717, 1.165) is 36.4 Å². The highest BCUT2D eigenvalue weighted by atomic mass is 127. The molecule has 8 heteroatoms. The molecule has 1 aromatic heterocycles. The molecule has 2 rings (SSSR count). The summed E-state index contributed by atoms with van der Waals surface area (Å²) >= 11 is 5.88. The summed E-state index contributed by atoms with van der Waals surface area (Å²) in [6.45, 7) is 7.74. The van der Waals surface area contributed by atoms with Gasteiger partial charge in [-0.05, 0) is 37.5 Å². The van der Waals surface area contributed by atoms with Crippen LogP contribution >= 0.6 is 35.6 Å². The van der Waals surface area contributed by atoms with Gasteiger partial charge in [-0.3, -0.25) is 0 Å². The number of nitrogens with zero attached hydrogens (tertiary/aromatic N) is 2. The lowest BCUT2D eigenvalue weighted by Gasteiger charge is -2.15. The smallest absolute Gasteiger partial charge is 0.191 e. The minimum atomic E-state index is -0.655. The molecule has 0 bridgehead atoms. The van der Waals surface area contributed by atoms with E-state index in [1.54, 1.807) is 12.1 Å². The van der Waals surface area contributed by atoms with Crippen LogP contribution in [-0.4, -0.2) is 29.3 Å². The molecule has 0 radical (unpaired) electrons. The summed E-state index contributed by atoms with van der Waals surface area (Å²) in [6, 6.07) is 9.13. The summed E-state index contributed by atoms with van der Waals surface area (Å²) in [5, 5.41) is 21.4. The normalized spacial score (nSPS) is 12.6. The molecule has 6 nitrogen and oxygen atoms in total. The third kappa shape index (κ3) is 7.60. The van der Waals surface area contributed by atoms with Crippen molar-refractivity contribution in [2.45, 2.75) is 52.2 Å². The van der Waals surface area contributed by atoms with Crippen LogP contribution < -0.4 is 10.6 Å². The molecule has 0 saturated heterocycles. The predicted molar refractivity (Wildman–Crippen MR) is 124 cm³/mol. The second-order valence-corrected chi connectivity index (χ2v) is 6.81. The molecule has 28 heavy (non-hydrogen) atoms. The molecule has 0 amide bonds. The average molecular weight is 521 g/mol. The summed E-state index contributed by atoms with van der Waals surface area (Å²) in [5.41, 5.74) is 1.79. The van der Waals surface area contributed by atoms with Gasteiger partial charge in [0.1, 0.15) is 6.54 Å². The maximum Gasteiger partial charge on any atom is 0.191 e. The van der Waals surface area contributed by atoms with Crippen LogP contribution in [0.4, 0.5) is 0 Å². The minimum Gasteiger partial charge on any atom is -0.387 e. The van der Waals surface area contributed by atoms with Gasteiger partial charge in [0.25, 0.3) is 0 Å². The van der Waals surface area contributed by atoms with E-state index in [-0.39, 0.29) is 24.0 Å². The van der Waals surface area contributed by atoms with E-state index in [2.05, 4.69) is 34.6 Å².